The first kappa shape index (κ1) is 46.3. The molecule has 0 heterocycles. The zero-order valence-electron chi connectivity index (χ0n) is 33.0. The van der Waals surface area contributed by atoms with Gasteiger partial charge in [0.15, 0.2) is 0 Å². The first-order valence-corrected chi connectivity index (χ1v) is 21.5. The molecule has 12 nitrogen and oxygen atoms in total. The van der Waals surface area contributed by atoms with E-state index in [2.05, 4.69) is 10.6 Å². The number of hydrogen-bond donors (Lipinski definition) is 7. The minimum absolute atomic E-state index is 0.0800. The van der Waals surface area contributed by atoms with Crippen LogP contribution in [-0.4, -0.2) is 148 Å². The van der Waals surface area contributed by atoms with E-state index >= 15 is 0 Å². The number of likely N-dealkylation sites (N-methyl/N-ethyl adjacent to an activating group) is 2. The van der Waals surface area contributed by atoms with Gasteiger partial charge in [-0.05, 0) is 72.3 Å². The fourth-order valence-electron chi connectivity index (χ4n) is 7.17. The van der Waals surface area contributed by atoms with E-state index in [4.69, 9.17) is 4.74 Å². The largest absolute Gasteiger partial charge is 0.493 e. The van der Waals surface area contributed by atoms with Gasteiger partial charge in [-0.25, -0.2) is 4.79 Å². The third-order valence-electron chi connectivity index (χ3n) is 11.1. The lowest BCUT2D eigenvalue weighted by molar-refractivity contribution is -0.141. The van der Waals surface area contributed by atoms with Crippen LogP contribution >= 0.6 is 8.29 Å². The number of nitrogens with zero attached hydrogens (tertiary/aromatic N) is 1. The van der Waals surface area contributed by atoms with Crippen LogP contribution in [0.2, 0.25) is 0 Å². The van der Waals surface area contributed by atoms with Gasteiger partial charge in [-0.3, -0.25) is 17.9 Å². The van der Waals surface area contributed by atoms with E-state index in [1.54, 1.807) is 20.2 Å². The van der Waals surface area contributed by atoms with Gasteiger partial charge in [0.05, 0.1) is 18.7 Å². The first-order valence-electron chi connectivity index (χ1n) is 17.8. The van der Waals surface area contributed by atoms with E-state index < -0.39 is 43.2 Å². The Balaban J connectivity index is 3.41. The Bertz CT molecular complexity index is 1330. The molecule has 0 bridgehead atoms. The summed E-state index contributed by atoms with van der Waals surface area (Å²) in [5.41, 5.74) is -0.524. The Hall–Kier alpha value is -2.68. The molecule has 0 unspecified atom stereocenters. The minimum Gasteiger partial charge on any atom is -0.493 e. The highest BCUT2D eigenvalue weighted by Gasteiger charge is 2.55. The summed E-state index contributed by atoms with van der Waals surface area (Å²) in [4.78, 5) is 41.2. The summed E-state index contributed by atoms with van der Waals surface area (Å²) in [7, 11) is -0.0509. The van der Waals surface area contributed by atoms with Crippen molar-refractivity contribution >= 4 is 26.1 Å². The van der Waals surface area contributed by atoms with Crippen LogP contribution < -0.4 is 15.4 Å². The van der Waals surface area contributed by atoms with Crippen molar-refractivity contribution in [1.82, 2.24) is 15.5 Å². The number of carboxylic acids is 1. The summed E-state index contributed by atoms with van der Waals surface area (Å²) in [5, 5.41) is 56.0. The van der Waals surface area contributed by atoms with Crippen LogP contribution in [0.4, 0.5) is 0 Å². The number of carbonyl (C=O) groups is 3. The van der Waals surface area contributed by atoms with Crippen molar-refractivity contribution in [1.29, 1.82) is 0 Å². The molecule has 51 heavy (non-hydrogen) atoms. The summed E-state index contributed by atoms with van der Waals surface area (Å²) in [6, 6.07) is 5.25. The van der Waals surface area contributed by atoms with Crippen LogP contribution in [0.25, 0.3) is 0 Å². The average molecular weight is 744 g/mol. The number of ether oxygens (including phenoxy) is 1. The van der Waals surface area contributed by atoms with Crippen LogP contribution in [-0.2, 0) is 19.8 Å². The number of hydrogen-bond acceptors (Lipinski definition) is 9. The van der Waals surface area contributed by atoms with Gasteiger partial charge in [0, 0.05) is 50.2 Å². The fourth-order valence-corrected chi connectivity index (χ4v) is 12.7. The molecule has 296 valence electrons. The Kier molecular flexibility index (Phi) is 16.3. The molecule has 0 fully saturated rings. The molecule has 0 radical (unpaired) electrons. The summed E-state index contributed by atoms with van der Waals surface area (Å²) >= 11 is 0. The molecule has 0 aromatic heterocycles. The molecular weight excluding hydrogens is 674 g/mol. The molecule has 0 saturated heterocycles. The highest BCUT2D eigenvalue weighted by molar-refractivity contribution is 8.64. The molecular formula is C38H69N3O9S. The molecule has 0 aliphatic carbocycles. The van der Waals surface area contributed by atoms with Crippen LogP contribution in [0, 0.1) is 11.3 Å². The summed E-state index contributed by atoms with van der Waals surface area (Å²) < 4.78 is 6.29. The normalized spacial score (nSPS) is 16.1. The van der Waals surface area contributed by atoms with Gasteiger partial charge in [-0.1, -0.05) is 66.7 Å². The van der Waals surface area contributed by atoms with E-state index in [1.165, 1.54) is 11.8 Å². The van der Waals surface area contributed by atoms with Crippen molar-refractivity contribution in [3.05, 3.63) is 41.5 Å². The predicted molar refractivity (Wildman–Crippen MR) is 208 cm³/mol. The lowest BCUT2D eigenvalue weighted by Gasteiger charge is -2.77. The molecule has 0 aliphatic heterocycles. The van der Waals surface area contributed by atoms with Crippen molar-refractivity contribution in [3.8, 4) is 5.75 Å². The third kappa shape index (κ3) is 11.4. The third-order valence-corrected chi connectivity index (χ3v) is 19.8. The Labute approximate surface area is 305 Å². The molecule has 1 aromatic carbocycles. The number of rotatable bonds is 22. The van der Waals surface area contributed by atoms with Gasteiger partial charge >= 0.3 is 5.97 Å². The number of amides is 2. The van der Waals surface area contributed by atoms with Gasteiger partial charge in [-0.15, -0.1) is 0 Å². The molecule has 0 saturated carbocycles. The Morgan fingerprint density at radius 2 is 1.41 bits per heavy atom. The molecule has 1 aromatic rings. The molecule has 1 rings (SSSR count). The highest BCUT2D eigenvalue weighted by atomic mass is 32.4. The number of nitrogens with one attached hydrogen (secondary N) is 2. The SMILES string of the molecule is CN[C@H](C(=O)N[C@H](C(=O)N(C)[C@H](/C=C(\C)C(=O)O)C(C)C)C(C)(C)C)C(C)(C)c1cccc(OCCS(C)(CCO)(CCO)(CCO)CCO)c1. The number of benzene rings is 1. The Morgan fingerprint density at radius 1 is 0.902 bits per heavy atom. The predicted octanol–water partition coefficient (Wildman–Crippen LogP) is 2.45. The van der Waals surface area contributed by atoms with E-state index in [1.807, 2.05) is 79.0 Å². The van der Waals surface area contributed by atoms with E-state index in [-0.39, 0.29) is 56.3 Å². The second kappa shape index (κ2) is 17.9. The van der Waals surface area contributed by atoms with Gasteiger partial charge in [0.1, 0.15) is 11.8 Å². The molecule has 0 aliphatic rings. The lowest BCUT2D eigenvalue weighted by Crippen LogP contribution is -2.61. The molecule has 3 atom stereocenters. The molecule has 2 amide bonds. The topological polar surface area (TPSA) is 189 Å². The van der Waals surface area contributed by atoms with Crippen LogP contribution in [0.15, 0.2) is 35.9 Å². The van der Waals surface area contributed by atoms with Crippen molar-refractivity contribution in [2.24, 2.45) is 11.3 Å². The summed E-state index contributed by atoms with van der Waals surface area (Å²) in [6.45, 7) is 14.5. The monoisotopic (exact) mass is 743 g/mol. The van der Waals surface area contributed by atoms with Crippen molar-refractivity contribution in [3.63, 3.8) is 0 Å². The number of aliphatic hydroxyl groups excluding tert-OH is 4. The summed E-state index contributed by atoms with van der Waals surface area (Å²) in [6.07, 6.45) is 3.61. The maximum Gasteiger partial charge on any atom is 0.331 e. The highest BCUT2D eigenvalue weighted by Crippen LogP contribution is 2.85. The van der Waals surface area contributed by atoms with Crippen molar-refractivity contribution in [2.75, 3.05) is 82.1 Å². The van der Waals surface area contributed by atoms with Gasteiger partial charge in [0.25, 0.3) is 0 Å². The second-order valence-corrected chi connectivity index (χ2v) is 25.9. The Morgan fingerprint density at radius 3 is 1.82 bits per heavy atom. The zero-order chi connectivity index (χ0) is 39.5. The first-order chi connectivity index (χ1) is 23.5. The summed E-state index contributed by atoms with van der Waals surface area (Å²) in [5.74, 6) is 0.689. The van der Waals surface area contributed by atoms with Crippen LogP contribution in [0.5, 0.6) is 5.75 Å². The molecule has 7 N–H and O–H groups in total. The molecule has 0 spiro atoms. The smallest absolute Gasteiger partial charge is 0.331 e. The van der Waals surface area contributed by atoms with Crippen molar-refractivity contribution in [2.45, 2.75) is 78.9 Å². The maximum absolute atomic E-state index is 14.1. The minimum atomic E-state index is -3.37. The quantitative estimate of drug-likeness (QED) is 0.0870. The number of aliphatic carboxylic acids is 1. The molecule has 13 heteroatoms. The number of carboxylic acid groups (broad SMARTS) is 1. The van der Waals surface area contributed by atoms with E-state index in [9.17, 15) is 39.9 Å². The van der Waals surface area contributed by atoms with Gasteiger partial charge in [-0.2, -0.15) is 0 Å². The zero-order valence-corrected chi connectivity index (χ0v) is 33.8. The lowest BCUT2D eigenvalue weighted by atomic mass is 9.76. The van der Waals surface area contributed by atoms with E-state index in [0.717, 1.165) is 5.56 Å². The van der Waals surface area contributed by atoms with Gasteiger partial charge in [0.2, 0.25) is 11.8 Å². The average Bonchev–Trinajstić information content (AvgIpc) is 3.01. The van der Waals surface area contributed by atoms with Crippen LogP contribution in [0.3, 0.4) is 0 Å². The van der Waals surface area contributed by atoms with Crippen LogP contribution in [0.1, 0.15) is 61.0 Å². The second-order valence-electron chi connectivity index (χ2n) is 16.9. The van der Waals surface area contributed by atoms with Gasteiger partial charge < -0.3 is 45.8 Å². The van der Waals surface area contributed by atoms with E-state index in [0.29, 0.717) is 34.5 Å². The fraction of sp³-hybridized carbons (Fsp3) is 0.711. The number of carbonyl (C=O) groups excluding carboxylic acids is 2. The number of aliphatic hydroxyl groups is 4. The van der Waals surface area contributed by atoms with Crippen molar-refractivity contribution < 1.29 is 44.7 Å². The maximum atomic E-state index is 14.1. The standard InChI is InChI=1S/C38H69N3O9S/c1-27(2)31(25-28(3)36(48)49)41(10)35(47)33(37(4,5)6)40-34(46)32(39-9)38(7,8)29-13-12-14-30(26-29)50-19-24-51(11,20-15-42,21-16-43,22-17-44)23-18-45/h12-14,25-27,31-33,39,42-45H,15-24H2,1-11H3,(H,40,46)(H,48,49)/b28-25+/t31-,32-,33-/m1/s1.